The van der Waals surface area contributed by atoms with Crippen molar-refractivity contribution in [3.8, 4) is 0 Å². The van der Waals surface area contributed by atoms with Gasteiger partial charge in [-0.1, -0.05) is 13.3 Å². The number of carbonyl (C=O) groups is 1. The number of H-pyrrole nitrogens is 1. The minimum Gasteiger partial charge on any atom is -0.359 e. The number of hydrogen-bond donors (Lipinski definition) is 3. The van der Waals surface area contributed by atoms with Gasteiger partial charge >= 0.3 is 0 Å². The molecule has 1 saturated carbocycles. The molecule has 7 nitrogen and oxygen atoms in total. The molecule has 0 atom stereocenters. The van der Waals surface area contributed by atoms with Crippen LogP contribution < -0.4 is 10.7 Å². The molecule has 3 heterocycles. The van der Waals surface area contributed by atoms with Crippen molar-refractivity contribution in [1.29, 1.82) is 0 Å². The van der Waals surface area contributed by atoms with E-state index in [2.05, 4.69) is 44.6 Å². The number of hydrogen-bond acceptors (Lipinski definition) is 5. The highest BCUT2D eigenvalue weighted by Crippen LogP contribution is 2.41. The van der Waals surface area contributed by atoms with Crippen LogP contribution in [0.3, 0.4) is 0 Å². The van der Waals surface area contributed by atoms with Crippen molar-refractivity contribution in [3.63, 3.8) is 0 Å². The zero-order chi connectivity index (χ0) is 19.5. The van der Waals surface area contributed by atoms with Crippen LogP contribution in [0, 0.1) is 6.92 Å². The Hall–Kier alpha value is -2.80. The minimum absolute atomic E-state index is 0.207. The van der Waals surface area contributed by atoms with E-state index in [1.807, 2.05) is 6.08 Å². The van der Waals surface area contributed by atoms with E-state index in [1.165, 1.54) is 36.1 Å². The van der Waals surface area contributed by atoms with Gasteiger partial charge in [0, 0.05) is 23.8 Å². The van der Waals surface area contributed by atoms with Gasteiger partial charge in [-0.25, -0.2) is 5.43 Å². The van der Waals surface area contributed by atoms with Crippen molar-refractivity contribution >= 4 is 17.7 Å². The van der Waals surface area contributed by atoms with Gasteiger partial charge in [-0.2, -0.15) is 5.10 Å². The number of carbonyl (C=O) groups excluding carboxylic acids is 1. The van der Waals surface area contributed by atoms with Gasteiger partial charge in [-0.3, -0.25) is 14.8 Å². The first-order valence-corrected chi connectivity index (χ1v) is 9.97. The van der Waals surface area contributed by atoms with Crippen molar-refractivity contribution in [1.82, 2.24) is 25.7 Å². The van der Waals surface area contributed by atoms with E-state index in [-0.39, 0.29) is 5.91 Å². The van der Waals surface area contributed by atoms with Crippen LogP contribution in [0.15, 0.2) is 29.3 Å². The molecule has 7 heteroatoms. The first-order valence-electron chi connectivity index (χ1n) is 9.97. The molecule has 0 unspecified atom stereocenters. The number of rotatable bonds is 7. The van der Waals surface area contributed by atoms with Crippen molar-refractivity contribution in [2.75, 3.05) is 13.1 Å². The molecule has 0 spiro atoms. The Morgan fingerprint density at radius 3 is 2.86 bits per heavy atom. The van der Waals surface area contributed by atoms with Gasteiger partial charge in [0.25, 0.3) is 5.91 Å². The normalized spacial score (nSPS) is 18.3. The summed E-state index contributed by atoms with van der Waals surface area (Å²) in [6.45, 7) is 6.17. The van der Waals surface area contributed by atoms with E-state index in [4.69, 9.17) is 0 Å². The number of aromatic nitrogens is 3. The summed E-state index contributed by atoms with van der Waals surface area (Å²) in [5, 5.41) is 7.60. The number of amides is 1. The van der Waals surface area contributed by atoms with Crippen LogP contribution in [0.2, 0.25) is 0 Å². The fourth-order valence-corrected chi connectivity index (χ4v) is 3.93. The highest BCUT2D eigenvalue weighted by molar-refractivity contribution is 6.32. The maximum Gasteiger partial charge on any atom is 0.273 e. The molecule has 2 aliphatic rings. The van der Waals surface area contributed by atoms with Gasteiger partial charge in [0.2, 0.25) is 0 Å². The lowest BCUT2D eigenvalue weighted by molar-refractivity contribution is -0.116. The van der Waals surface area contributed by atoms with Crippen LogP contribution in [0.25, 0.3) is 6.08 Å². The third kappa shape index (κ3) is 3.49. The SMILES string of the molecule is CCNCCc1c(C)[nH]c(/C=C2/C(=O)NN=C2c2cnccn2)c1C1CCC1. The topological polar surface area (TPSA) is 95.1 Å². The van der Waals surface area contributed by atoms with Gasteiger partial charge < -0.3 is 10.3 Å². The first-order chi connectivity index (χ1) is 13.7. The van der Waals surface area contributed by atoms with E-state index in [0.29, 0.717) is 22.9 Å². The Morgan fingerprint density at radius 1 is 1.32 bits per heavy atom. The van der Waals surface area contributed by atoms with E-state index >= 15 is 0 Å². The van der Waals surface area contributed by atoms with Crippen LogP contribution in [-0.4, -0.2) is 39.7 Å². The second kappa shape index (κ2) is 8.06. The van der Waals surface area contributed by atoms with Crippen LogP contribution in [0.4, 0.5) is 0 Å². The third-order valence-electron chi connectivity index (χ3n) is 5.57. The summed E-state index contributed by atoms with van der Waals surface area (Å²) in [5.74, 6) is 0.358. The molecule has 0 saturated heterocycles. The van der Waals surface area contributed by atoms with Crippen LogP contribution in [0.1, 0.15) is 60.3 Å². The summed E-state index contributed by atoms with van der Waals surface area (Å²) in [6.07, 6.45) is 11.5. The minimum atomic E-state index is -0.207. The third-order valence-corrected chi connectivity index (χ3v) is 5.57. The second-order valence-electron chi connectivity index (χ2n) is 7.34. The van der Waals surface area contributed by atoms with Crippen LogP contribution >= 0.6 is 0 Å². The van der Waals surface area contributed by atoms with Gasteiger partial charge in [0.1, 0.15) is 11.4 Å². The first kappa shape index (κ1) is 18.6. The monoisotopic (exact) mass is 378 g/mol. The number of hydrazone groups is 1. The fourth-order valence-electron chi connectivity index (χ4n) is 3.93. The quantitative estimate of drug-likeness (QED) is 0.509. The lowest BCUT2D eigenvalue weighted by Crippen LogP contribution is -2.18. The molecule has 1 aliphatic carbocycles. The standard InChI is InChI=1S/C21H26N6O/c1-3-22-8-7-15-13(2)25-17(19(15)14-5-4-6-14)11-16-20(26-27-21(16)28)18-12-23-9-10-24-18/h9-12,14,22,25H,3-8H2,1-2H3,(H,27,28)/b16-11+. The fraction of sp³-hybridized carbons (Fsp3) is 0.429. The zero-order valence-electron chi connectivity index (χ0n) is 16.4. The molecular formula is C21H26N6O. The molecule has 1 fully saturated rings. The zero-order valence-corrected chi connectivity index (χ0v) is 16.4. The number of aromatic amines is 1. The molecule has 0 aromatic carbocycles. The lowest BCUT2D eigenvalue weighted by Gasteiger charge is -2.27. The summed E-state index contributed by atoms with van der Waals surface area (Å²) in [4.78, 5) is 24.4. The molecule has 1 amide bonds. The summed E-state index contributed by atoms with van der Waals surface area (Å²) in [6, 6.07) is 0. The molecule has 0 radical (unpaired) electrons. The highest BCUT2D eigenvalue weighted by Gasteiger charge is 2.30. The van der Waals surface area contributed by atoms with Crippen molar-refractivity contribution in [3.05, 3.63) is 52.4 Å². The van der Waals surface area contributed by atoms with E-state index in [0.717, 1.165) is 25.2 Å². The van der Waals surface area contributed by atoms with E-state index in [1.54, 1.807) is 18.6 Å². The van der Waals surface area contributed by atoms with Crippen molar-refractivity contribution in [2.24, 2.45) is 5.10 Å². The Balaban J connectivity index is 1.72. The molecule has 146 valence electrons. The molecule has 0 bridgehead atoms. The summed E-state index contributed by atoms with van der Waals surface area (Å²) in [7, 11) is 0. The number of aryl methyl sites for hydroxylation is 1. The Morgan fingerprint density at radius 2 is 2.18 bits per heavy atom. The number of likely N-dealkylation sites (N-methyl/N-ethyl adjacent to an activating group) is 1. The van der Waals surface area contributed by atoms with Gasteiger partial charge in [0.05, 0.1) is 11.8 Å². The summed E-state index contributed by atoms with van der Waals surface area (Å²) < 4.78 is 0. The Kier molecular flexibility index (Phi) is 5.34. The Bertz CT molecular complexity index is 924. The number of nitrogens with zero attached hydrogens (tertiary/aromatic N) is 3. The predicted octanol–water partition coefficient (Wildman–Crippen LogP) is 2.45. The van der Waals surface area contributed by atoms with Gasteiger partial charge in [-0.05, 0) is 62.4 Å². The average molecular weight is 378 g/mol. The predicted molar refractivity (Wildman–Crippen MR) is 109 cm³/mol. The van der Waals surface area contributed by atoms with Crippen LogP contribution in [0.5, 0.6) is 0 Å². The maximum atomic E-state index is 12.5. The molecule has 2 aromatic rings. The Labute approximate surface area is 164 Å². The van der Waals surface area contributed by atoms with Crippen molar-refractivity contribution in [2.45, 2.75) is 45.4 Å². The van der Waals surface area contributed by atoms with Gasteiger partial charge in [-0.15, -0.1) is 0 Å². The lowest BCUT2D eigenvalue weighted by atomic mass is 9.77. The number of nitrogens with one attached hydrogen (secondary N) is 3. The summed E-state index contributed by atoms with van der Waals surface area (Å²) >= 11 is 0. The maximum absolute atomic E-state index is 12.5. The molecule has 4 rings (SSSR count). The average Bonchev–Trinajstić information content (AvgIpc) is 3.16. The highest BCUT2D eigenvalue weighted by atomic mass is 16.2. The molecule has 2 aromatic heterocycles. The van der Waals surface area contributed by atoms with Gasteiger partial charge in [0.15, 0.2) is 0 Å². The molecule has 28 heavy (non-hydrogen) atoms. The molecule has 3 N–H and O–H groups in total. The summed E-state index contributed by atoms with van der Waals surface area (Å²) in [5.41, 5.74) is 9.19. The largest absolute Gasteiger partial charge is 0.359 e. The van der Waals surface area contributed by atoms with Crippen molar-refractivity contribution < 1.29 is 4.79 Å². The smallest absolute Gasteiger partial charge is 0.273 e. The van der Waals surface area contributed by atoms with E-state index in [9.17, 15) is 4.79 Å². The van der Waals surface area contributed by atoms with Crippen LogP contribution in [-0.2, 0) is 11.2 Å². The second-order valence-corrected chi connectivity index (χ2v) is 7.34. The molecule has 1 aliphatic heterocycles. The van der Waals surface area contributed by atoms with E-state index < -0.39 is 0 Å². The molecular weight excluding hydrogens is 352 g/mol.